The number of hydrogen-bond donors (Lipinski definition) is 1. The first kappa shape index (κ1) is 15.1. The fraction of sp³-hybridized carbons (Fsp3) is 0.500. The fourth-order valence-electron chi connectivity index (χ4n) is 2.38. The van der Waals surface area contributed by atoms with Gasteiger partial charge in [0.05, 0.1) is 23.3 Å². The Bertz CT molecular complexity index is 588. The molecule has 1 aromatic rings. The van der Waals surface area contributed by atoms with Gasteiger partial charge in [-0.05, 0) is 25.0 Å². The highest BCUT2D eigenvalue weighted by Gasteiger charge is 2.42. The third-order valence-corrected chi connectivity index (χ3v) is 5.41. The van der Waals surface area contributed by atoms with E-state index in [1.165, 1.54) is 19.4 Å². The first-order valence-electron chi connectivity index (χ1n) is 6.15. The molecule has 1 fully saturated rings. The molecular formula is C12H15ClN2O4S. The second-order valence-electron chi connectivity index (χ2n) is 4.61. The summed E-state index contributed by atoms with van der Waals surface area (Å²) >= 11 is 5.69. The van der Waals surface area contributed by atoms with Gasteiger partial charge in [-0.2, -0.15) is 0 Å². The number of sulfonamides is 1. The van der Waals surface area contributed by atoms with E-state index in [0.29, 0.717) is 24.3 Å². The molecule has 2 atom stereocenters. The van der Waals surface area contributed by atoms with Gasteiger partial charge in [-0.3, -0.25) is 9.52 Å². The van der Waals surface area contributed by atoms with Crippen LogP contribution in [0, 0.1) is 5.92 Å². The van der Waals surface area contributed by atoms with Crippen LogP contribution < -0.4 is 4.72 Å². The number of halogens is 1. The maximum atomic E-state index is 12.3. The molecule has 0 aliphatic heterocycles. The first-order valence-corrected chi connectivity index (χ1v) is 8.07. The molecule has 2 unspecified atom stereocenters. The summed E-state index contributed by atoms with van der Waals surface area (Å²) in [5.41, 5.74) is 0. The monoisotopic (exact) mass is 318 g/mol. The average molecular weight is 319 g/mol. The summed E-state index contributed by atoms with van der Waals surface area (Å²) < 4.78 is 31.7. The minimum Gasteiger partial charge on any atom is -0.469 e. The van der Waals surface area contributed by atoms with Crippen LogP contribution in [0.2, 0.25) is 5.02 Å². The van der Waals surface area contributed by atoms with E-state index in [0.717, 1.165) is 0 Å². The van der Waals surface area contributed by atoms with E-state index in [1.807, 2.05) is 0 Å². The van der Waals surface area contributed by atoms with Crippen LogP contribution in [0.4, 0.5) is 5.82 Å². The molecule has 0 radical (unpaired) electrons. The van der Waals surface area contributed by atoms with Gasteiger partial charge in [-0.25, -0.2) is 13.4 Å². The standard InChI is InChI=1S/C12H15ClN2O4S/c1-19-12(16)9-3-2-4-10(9)20(17,18)15-11-6-5-8(13)7-14-11/h5-7,9-10H,2-4H2,1H3,(H,14,15). The van der Waals surface area contributed by atoms with Crippen molar-refractivity contribution in [3.63, 3.8) is 0 Å². The summed E-state index contributed by atoms with van der Waals surface area (Å²) in [6, 6.07) is 3.01. The molecule has 1 aromatic heterocycles. The number of nitrogens with zero attached hydrogens (tertiary/aromatic N) is 1. The third kappa shape index (κ3) is 3.21. The van der Waals surface area contributed by atoms with E-state index in [-0.39, 0.29) is 5.82 Å². The topological polar surface area (TPSA) is 85.4 Å². The maximum Gasteiger partial charge on any atom is 0.310 e. The lowest BCUT2D eigenvalue weighted by molar-refractivity contribution is -0.145. The minimum atomic E-state index is -3.69. The Kier molecular flexibility index (Phi) is 4.49. The number of rotatable bonds is 4. The molecule has 1 saturated carbocycles. The fourth-order valence-corrected chi connectivity index (χ4v) is 4.21. The van der Waals surface area contributed by atoms with Gasteiger partial charge in [0.25, 0.3) is 0 Å². The summed E-state index contributed by atoms with van der Waals surface area (Å²) in [5, 5.41) is -0.367. The molecule has 1 aliphatic rings. The average Bonchev–Trinajstić information content (AvgIpc) is 2.90. The van der Waals surface area contributed by atoms with E-state index in [1.54, 1.807) is 6.07 Å². The molecule has 20 heavy (non-hydrogen) atoms. The van der Waals surface area contributed by atoms with Crippen molar-refractivity contribution in [3.05, 3.63) is 23.4 Å². The molecule has 1 heterocycles. The lowest BCUT2D eigenvalue weighted by Gasteiger charge is -2.18. The van der Waals surface area contributed by atoms with Gasteiger partial charge in [0.1, 0.15) is 5.82 Å². The first-order chi connectivity index (χ1) is 9.44. The summed E-state index contributed by atoms with van der Waals surface area (Å²) in [7, 11) is -2.42. The third-order valence-electron chi connectivity index (χ3n) is 3.33. The van der Waals surface area contributed by atoms with Crippen LogP contribution in [0.5, 0.6) is 0 Å². The van der Waals surface area contributed by atoms with Crippen LogP contribution in [0.1, 0.15) is 19.3 Å². The number of pyridine rings is 1. The van der Waals surface area contributed by atoms with Crippen molar-refractivity contribution in [2.75, 3.05) is 11.8 Å². The van der Waals surface area contributed by atoms with Gasteiger partial charge in [0, 0.05) is 6.20 Å². The predicted molar refractivity (Wildman–Crippen MR) is 74.9 cm³/mol. The van der Waals surface area contributed by atoms with Gasteiger partial charge in [-0.15, -0.1) is 0 Å². The summed E-state index contributed by atoms with van der Waals surface area (Å²) in [4.78, 5) is 15.5. The Morgan fingerprint density at radius 3 is 2.80 bits per heavy atom. The van der Waals surface area contributed by atoms with E-state index in [4.69, 9.17) is 11.6 Å². The molecule has 110 valence electrons. The van der Waals surface area contributed by atoms with Crippen molar-refractivity contribution in [3.8, 4) is 0 Å². The summed E-state index contributed by atoms with van der Waals surface area (Å²) in [6.45, 7) is 0. The second-order valence-corrected chi connectivity index (χ2v) is 6.94. The number of carbonyl (C=O) groups excluding carboxylic acids is 1. The molecule has 6 nitrogen and oxygen atoms in total. The minimum absolute atomic E-state index is 0.185. The molecule has 8 heteroatoms. The number of ether oxygens (including phenoxy) is 1. The van der Waals surface area contributed by atoms with E-state index in [9.17, 15) is 13.2 Å². The molecule has 0 aromatic carbocycles. The molecule has 0 spiro atoms. The van der Waals surface area contributed by atoms with Crippen molar-refractivity contribution < 1.29 is 17.9 Å². The van der Waals surface area contributed by atoms with Gasteiger partial charge in [0.15, 0.2) is 0 Å². The van der Waals surface area contributed by atoms with Crippen molar-refractivity contribution >= 4 is 33.4 Å². The zero-order valence-electron chi connectivity index (χ0n) is 10.9. The van der Waals surface area contributed by atoms with Gasteiger partial charge >= 0.3 is 5.97 Å². The number of carbonyl (C=O) groups is 1. The van der Waals surface area contributed by atoms with Crippen molar-refractivity contribution in [2.45, 2.75) is 24.5 Å². The van der Waals surface area contributed by atoms with Crippen LogP contribution >= 0.6 is 11.6 Å². The summed E-state index contributed by atoms with van der Waals surface area (Å²) in [6.07, 6.45) is 2.99. The number of hydrogen-bond acceptors (Lipinski definition) is 5. The van der Waals surface area contributed by atoms with Crippen molar-refractivity contribution in [1.29, 1.82) is 0 Å². The SMILES string of the molecule is COC(=O)C1CCCC1S(=O)(=O)Nc1ccc(Cl)cn1. The van der Waals surface area contributed by atoms with Crippen molar-refractivity contribution in [2.24, 2.45) is 5.92 Å². The molecule has 2 rings (SSSR count). The Hall–Kier alpha value is -1.34. The molecule has 1 N–H and O–H groups in total. The normalized spacial score (nSPS) is 22.5. The number of anilines is 1. The second kappa shape index (κ2) is 5.97. The van der Waals surface area contributed by atoms with Gasteiger partial charge in [0.2, 0.25) is 10.0 Å². The van der Waals surface area contributed by atoms with Crippen LogP contribution in [-0.4, -0.2) is 31.7 Å². The lowest BCUT2D eigenvalue weighted by atomic mass is 10.1. The lowest BCUT2D eigenvalue weighted by Crippen LogP contribution is -2.35. The molecule has 0 saturated heterocycles. The molecule has 0 amide bonds. The number of nitrogens with one attached hydrogen (secondary N) is 1. The van der Waals surface area contributed by atoms with Crippen LogP contribution in [-0.2, 0) is 19.6 Å². The highest BCUT2D eigenvalue weighted by molar-refractivity contribution is 7.93. The Balaban J connectivity index is 2.17. The Morgan fingerprint density at radius 1 is 1.45 bits per heavy atom. The van der Waals surface area contributed by atoms with Crippen LogP contribution in [0.25, 0.3) is 0 Å². The number of esters is 1. The zero-order valence-corrected chi connectivity index (χ0v) is 12.4. The van der Waals surface area contributed by atoms with Crippen LogP contribution in [0.3, 0.4) is 0 Å². The van der Waals surface area contributed by atoms with E-state index >= 15 is 0 Å². The molecule has 1 aliphatic carbocycles. The quantitative estimate of drug-likeness (QED) is 0.856. The van der Waals surface area contributed by atoms with E-state index < -0.39 is 27.2 Å². The largest absolute Gasteiger partial charge is 0.469 e. The zero-order chi connectivity index (χ0) is 14.8. The Labute approximate surface area is 122 Å². The van der Waals surface area contributed by atoms with E-state index in [2.05, 4.69) is 14.4 Å². The summed E-state index contributed by atoms with van der Waals surface area (Å²) in [5.74, 6) is -0.920. The highest BCUT2D eigenvalue weighted by Crippen LogP contribution is 2.32. The number of aromatic nitrogens is 1. The molecular weight excluding hydrogens is 304 g/mol. The van der Waals surface area contributed by atoms with Crippen LogP contribution in [0.15, 0.2) is 18.3 Å². The smallest absolute Gasteiger partial charge is 0.310 e. The predicted octanol–water partition coefficient (Wildman–Crippen LogP) is 1.82. The maximum absolute atomic E-state index is 12.3. The number of methoxy groups -OCH3 is 1. The highest BCUT2D eigenvalue weighted by atomic mass is 35.5. The van der Waals surface area contributed by atoms with Gasteiger partial charge < -0.3 is 4.74 Å². The van der Waals surface area contributed by atoms with Crippen molar-refractivity contribution in [1.82, 2.24) is 4.98 Å². The van der Waals surface area contributed by atoms with Gasteiger partial charge in [-0.1, -0.05) is 18.0 Å². The Morgan fingerprint density at radius 2 is 2.20 bits per heavy atom. The molecule has 0 bridgehead atoms.